The highest BCUT2D eigenvalue weighted by molar-refractivity contribution is 5.95. The molecule has 0 bridgehead atoms. The van der Waals surface area contributed by atoms with Crippen LogP contribution >= 0.6 is 0 Å². The van der Waals surface area contributed by atoms with E-state index < -0.39 is 23.4 Å². The molecule has 0 aliphatic heterocycles. The standard InChI is InChI=1S/C14H19NO6/c1-14(2,3)21-11(16)5-6-15(4)12(17)10-7-9(8-20-10)13(18)19/h7-8H,5-6H2,1-4H3,(H,18,19). The Hall–Kier alpha value is -2.31. The zero-order valence-corrected chi connectivity index (χ0v) is 12.5. The number of aromatic carboxylic acids is 1. The smallest absolute Gasteiger partial charge is 0.338 e. The van der Waals surface area contributed by atoms with Gasteiger partial charge in [-0.25, -0.2) is 4.79 Å². The van der Waals surface area contributed by atoms with Crippen LogP contribution in [0.1, 0.15) is 48.1 Å². The van der Waals surface area contributed by atoms with E-state index in [0.29, 0.717) is 0 Å². The molecule has 21 heavy (non-hydrogen) atoms. The molecule has 0 fully saturated rings. The van der Waals surface area contributed by atoms with Crippen LogP contribution in [0.2, 0.25) is 0 Å². The van der Waals surface area contributed by atoms with Crippen LogP contribution in [0.25, 0.3) is 0 Å². The minimum Gasteiger partial charge on any atom is -0.478 e. The number of esters is 1. The van der Waals surface area contributed by atoms with Crippen LogP contribution in [0.5, 0.6) is 0 Å². The molecule has 0 radical (unpaired) electrons. The first kappa shape index (κ1) is 16.7. The number of carbonyl (C=O) groups excluding carboxylic acids is 2. The molecule has 1 aromatic rings. The van der Waals surface area contributed by atoms with E-state index in [2.05, 4.69) is 0 Å². The van der Waals surface area contributed by atoms with Crippen molar-refractivity contribution in [1.29, 1.82) is 0 Å². The average Bonchev–Trinajstić information content (AvgIpc) is 2.82. The minimum atomic E-state index is -1.17. The largest absolute Gasteiger partial charge is 0.478 e. The maximum atomic E-state index is 12.0. The molecule has 1 amide bonds. The van der Waals surface area contributed by atoms with Gasteiger partial charge in [-0.15, -0.1) is 0 Å². The number of amides is 1. The Morgan fingerprint density at radius 1 is 1.33 bits per heavy atom. The molecule has 0 spiro atoms. The normalized spacial score (nSPS) is 11.0. The van der Waals surface area contributed by atoms with Crippen LogP contribution < -0.4 is 0 Å². The van der Waals surface area contributed by atoms with Crippen molar-refractivity contribution in [3.63, 3.8) is 0 Å². The molecule has 7 heteroatoms. The van der Waals surface area contributed by atoms with E-state index in [0.717, 1.165) is 12.3 Å². The average molecular weight is 297 g/mol. The van der Waals surface area contributed by atoms with Gasteiger partial charge in [-0.1, -0.05) is 0 Å². The number of furan rings is 1. The van der Waals surface area contributed by atoms with Gasteiger partial charge in [0.25, 0.3) is 5.91 Å². The maximum absolute atomic E-state index is 12.0. The lowest BCUT2D eigenvalue weighted by Gasteiger charge is -2.21. The molecule has 0 aliphatic carbocycles. The summed E-state index contributed by atoms with van der Waals surface area (Å²) in [5.41, 5.74) is -0.671. The zero-order chi connectivity index (χ0) is 16.2. The Balaban J connectivity index is 2.54. The van der Waals surface area contributed by atoms with Gasteiger partial charge >= 0.3 is 11.9 Å². The van der Waals surface area contributed by atoms with Crippen LogP contribution in [0.4, 0.5) is 0 Å². The van der Waals surface area contributed by atoms with Crippen LogP contribution in [-0.4, -0.2) is 47.0 Å². The number of rotatable bonds is 5. The Labute approximate surface area is 122 Å². The van der Waals surface area contributed by atoms with E-state index in [4.69, 9.17) is 14.3 Å². The number of nitrogens with zero attached hydrogens (tertiary/aromatic N) is 1. The SMILES string of the molecule is CN(CCC(=O)OC(C)(C)C)C(=O)c1cc(C(=O)O)co1. The lowest BCUT2D eigenvalue weighted by Crippen LogP contribution is -2.31. The topological polar surface area (TPSA) is 97.0 Å². The quantitative estimate of drug-likeness (QED) is 0.832. The van der Waals surface area contributed by atoms with Crippen molar-refractivity contribution in [2.75, 3.05) is 13.6 Å². The molecule has 1 rings (SSSR count). The van der Waals surface area contributed by atoms with E-state index in [1.54, 1.807) is 20.8 Å². The van der Waals surface area contributed by atoms with E-state index in [-0.39, 0.29) is 24.3 Å². The Morgan fingerprint density at radius 2 is 1.95 bits per heavy atom. The first-order valence-corrected chi connectivity index (χ1v) is 6.39. The van der Waals surface area contributed by atoms with E-state index >= 15 is 0 Å². The number of carbonyl (C=O) groups is 3. The molecule has 1 aromatic heterocycles. The summed E-state index contributed by atoms with van der Waals surface area (Å²) in [4.78, 5) is 35.5. The summed E-state index contributed by atoms with van der Waals surface area (Å²) in [7, 11) is 1.50. The van der Waals surface area contributed by atoms with Crippen molar-refractivity contribution < 1.29 is 28.6 Å². The molecular weight excluding hydrogens is 278 g/mol. The van der Waals surface area contributed by atoms with E-state index in [9.17, 15) is 14.4 Å². The van der Waals surface area contributed by atoms with Gasteiger partial charge < -0.3 is 19.2 Å². The molecule has 0 aliphatic rings. The molecule has 1 heterocycles. The van der Waals surface area contributed by atoms with Gasteiger partial charge in [-0.2, -0.15) is 0 Å². The number of hydrogen-bond donors (Lipinski definition) is 1. The summed E-state index contributed by atoms with van der Waals surface area (Å²) in [5.74, 6) is -2.16. The van der Waals surface area contributed by atoms with Crippen LogP contribution in [0.3, 0.4) is 0 Å². The summed E-state index contributed by atoms with van der Waals surface area (Å²) in [6.07, 6.45) is 1.04. The van der Waals surface area contributed by atoms with Gasteiger partial charge in [-0.3, -0.25) is 9.59 Å². The lowest BCUT2D eigenvalue weighted by atomic mass is 10.2. The highest BCUT2D eigenvalue weighted by Gasteiger charge is 2.20. The first-order chi connectivity index (χ1) is 9.60. The Kier molecular flexibility index (Phi) is 5.12. The zero-order valence-electron chi connectivity index (χ0n) is 12.5. The third-order valence-corrected chi connectivity index (χ3v) is 2.48. The summed E-state index contributed by atoms with van der Waals surface area (Å²) < 4.78 is 10.0. The fraction of sp³-hybridized carbons (Fsp3) is 0.500. The highest BCUT2D eigenvalue weighted by Crippen LogP contribution is 2.12. The summed E-state index contributed by atoms with van der Waals surface area (Å²) in [5, 5.41) is 8.76. The second kappa shape index (κ2) is 6.43. The molecule has 0 atom stereocenters. The fourth-order valence-electron chi connectivity index (χ4n) is 1.50. The van der Waals surface area contributed by atoms with Crippen molar-refractivity contribution >= 4 is 17.8 Å². The lowest BCUT2D eigenvalue weighted by molar-refractivity contribution is -0.154. The second-order valence-electron chi connectivity index (χ2n) is 5.57. The summed E-state index contributed by atoms with van der Waals surface area (Å²) >= 11 is 0. The second-order valence-corrected chi connectivity index (χ2v) is 5.57. The van der Waals surface area contributed by atoms with Gasteiger partial charge in [0.2, 0.25) is 0 Å². The van der Waals surface area contributed by atoms with Gasteiger partial charge in [0.05, 0.1) is 12.0 Å². The third kappa shape index (κ3) is 5.29. The Morgan fingerprint density at radius 3 is 2.43 bits per heavy atom. The number of carboxylic acids is 1. The number of ether oxygens (including phenoxy) is 1. The van der Waals surface area contributed by atoms with Crippen LogP contribution in [-0.2, 0) is 9.53 Å². The summed E-state index contributed by atoms with van der Waals surface area (Å²) in [6, 6.07) is 1.15. The summed E-state index contributed by atoms with van der Waals surface area (Å²) in [6.45, 7) is 5.43. The van der Waals surface area contributed by atoms with E-state index in [1.165, 1.54) is 11.9 Å². The van der Waals surface area contributed by atoms with E-state index in [1.807, 2.05) is 0 Å². The molecule has 0 unspecified atom stereocenters. The number of carboxylic acid groups (broad SMARTS) is 1. The molecule has 0 aromatic carbocycles. The van der Waals surface area contributed by atoms with Crippen molar-refractivity contribution in [2.24, 2.45) is 0 Å². The van der Waals surface area contributed by atoms with Crippen molar-refractivity contribution in [1.82, 2.24) is 4.90 Å². The predicted molar refractivity (Wildman–Crippen MR) is 73.1 cm³/mol. The molecule has 7 nitrogen and oxygen atoms in total. The highest BCUT2D eigenvalue weighted by atomic mass is 16.6. The van der Waals surface area contributed by atoms with Crippen molar-refractivity contribution in [3.05, 3.63) is 23.7 Å². The minimum absolute atomic E-state index is 0.0476. The maximum Gasteiger partial charge on any atom is 0.338 e. The Bertz CT molecular complexity index is 540. The van der Waals surface area contributed by atoms with Gasteiger partial charge in [0.1, 0.15) is 11.9 Å². The van der Waals surface area contributed by atoms with Crippen LogP contribution in [0, 0.1) is 0 Å². The first-order valence-electron chi connectivity index (χ1n) is 6.39. The molecular formula is C14H19NO6. The predicted octanol–water partition coefficient (Wildman–Crippen LogP) is 1.78. The number of hydrogen-bond acceptors (Lipinski definition) is 5. The van der Waals surface area contributed by atoms with Gasteiger partial charge in [0.15, 0.2) is 5.76 Å². The van der Waals surface area contributed by atoms with Crippen LogP contribution in [0.15, 0.2) is 16.7 Å². The molecule has 0 saturated carbocycles. The monoisotopic (exact) mass is 297 g/mol. The fourth-order valence-corrected chi connectivity index (χ4v) is 1.50. The van der Waals surface area contributed by atoms with Crippen molar-refractivity contribution in [3.8, 4) is 0 Å². The van der Waals surface area contributed by atoms with Crippen molar-refractivity contribution in [2.45, 2.75) is 32.8 Å². The van der Waals surface area contributed by atoms with Gasteiger partial charge in [0, 0.05) is 19.7 Å². The third-order valence-electron chi connectivity index (χ3n) is 2.48. The molecule has 1 N–H and O–H groups in total. The molecule has 0 saturated heterocycles. The van der Waals surface area contributed by atoms with Gasteiger partial charge in [-0.05, 0) is 20.8 Å². The molecule has 116 valence electrons.